The molecule has 0 bridgehead atoms. The predicted octanol–water partition coefficient (Wildman–Crippen LogP) is 0.749. The van der Waals surface area contributed by atoms with Crippen LogP contribution < -0.4 is 5.43 Å². The minimum Gasteiger partial charge on any atom is -0.255 e. The first-order valence-electron chi connectivity index (χ1n) is 3.97. The standard InChI is InChI=1S/C7H14N2/c1-3-7-4-2-6-9(7)8-5-1/h7-8H,1-6H2. The molecule has 2 saturated heterocycles. The average molecular weight is 126 g/mol. The number of fused-ring (bicyclic) bond motifs is 1. The Labute approximate surface area is 56.2 Å². The summed E-state index contributed by atoms with van der Waals surface area (Å²) < 4.78 is 0. The lowest BCUT2D eigenvalue weighted by Crippen LogP contribution is -2.45. The Morgan fingerprint density at radius 1 is 1.22 bits per heavy atom. The maximum absolute atomic E-state index is 3.41. The van der Waals surface area contributed by atoms with Crippen molar-refractivity contribution in [1.82, 2.24) is 10.4 Å². The molecule has 0 radical (unpaired) electrons. The van der Waals surface area contributed by atoms with Crippen molar-refractivity contribution in [2.45, 2.75) is 31.7 Å². The molecule has 0 aliphatic carbocycles. The first-order chi connectivity index (χ1) is 4.47. The molecule has 0 saturated carbocycles. The van der Waals surface area contributed by atoms with Gasteiger partial charge in [0.15, 0.2) is 0 Å². The second-order valence-corrected chi connectivity index (χ2v) is 3.04. The molecule has 0 aromatic rings. The largest absolute Gasteiger partial charge is 0.255 e. The van der Waals surface area contributed by atoms with Crippen LogP contribution in [0.2, 0.25) is 0 Å². The highest BCUT2D eigenvalue weighted by Gasteiger charge is 2.25. The minimum absolute atomic E-state index is 0.888. The molecular formula is C7H14N2. The summed E-state index contributed by atoms with van der Waals surface area (Å²) in [7, 11) is 0. The van der Waals surface area contributed by atoms with Crippen LogP contribution in [0.4, 0.5) is 0 Å². The Kier molecular flexibility index (Phi) is 1.44. The van der Waals surface area contributed by atoms with Crippen LogP contribution in [0.1, 0.15) is 25.7 Å². The third-order valence-electron chi connectivity index (χ3n) is 2.41. The molecule has 1 N–H and O–H groups in total. The highest BCUT2D eigenvalue weighted by Crippen LogP contribution is 2.21. The lowest BCUT2D eigenvalue weighted by atomic mass is 10.1. The zero-order chi connectivity index (χ0) is 6.10. The Morgan fingerprint density at radius 3 is 3.00 bits per heavy atom. The van der Waals surface area contributed by atoms with Crippen molar-refractivity contribution in [1.29, 1.82) is 0 Å². The molecule has 2 heteroatoms. The van der Waals surface area contributed by atoms with Crippen LogP contribution in [0.15, 0.2) is 0 Å². The van der Waals surface area contributed by atoms with E-state index in [1.165, 1.54) is 38.8 Å². The van der Waals surface area contributed by atoms with Gasteiger partial charge in [-0.1, -0.05) is 0 Å². The number of hydrogen-bond donors (Lipinski definition) is 1. The zero-order valence-electron chi connectivity index (χ0n) is 5.77. The van der Waals surface area contributed by atoms with Crippen LogP contribution in [-0.4, -0.2) is 24.1 Å². The average Bonchev–Trinajstić information content (AvgIpc) is 2.33. The fraction of sp³-hybridized carbons (Fsp3) is 1.00. The maximum atomic E-state index is 3.41. The molecule has 1 unspecified atom stereocenters. The van der Waals surface area contributed by atoms with Crippen molar-refractivity contribution in [3.05, 3.63) is 0 Å². The van der Waals surface area contributed by atoms with Crippen LogP contribution in [0.3, 0.4) is 0 Å². The Hall–Kier alpha value is -0.0800. The van der Waals surface area contributed by atoms with Crippen LogP contribution in [0, 0.1) is 0 Å². The SMILES string of the molecule is C1CNN2CCCC2C1. The van der Waals surface area contributed by atoms with E-state index in [9.17, 15) is 0 Å². The zero-order valence-corrected chi connectivity index (χ0v) is 5.77. The summed E-state index contributed by atoms with van der Waals surface area (Å²) in [6.07, 6.45) is 5.62. The van der Waals surface area contributed by atoms with E-state index in [1.807, 2.05) is 0 Å². The molecule has 0 aromatic carbocycles. The van der Waals surface area contributed by atoms with Crippen molar-refractivity contribution < 1.29 is 0 Å². The van der Waals surface area contributed by atoms with Gasteiger partial charge in [-0.3, -0.25) is 5.43 Å². The molecule has 2 aliphatic heterocycles. The summed E-state index contributed by atoms with van der Waals surface area (Å²) in [6, 6.07) is 0.888. The summed E-state index contributed by atoms with van der Waals surface area (Å²) in [5, 5.41) is 2.42. The van der Waals surface area contributed by atoms with Gasteiger partial charge in [-0.15, -0.1) is 0 Å². The molecule has 0 amide bonds. The quantitative estimate of drug-likeness (QED) is 0.515. The topological polar surface area (TPSA) is 15.3 Å². The van der Waals surface area contributed by atoms with E-state index in [1.54, 1.807) is 0 Å². The van der Waals surface area contributed by atoms with E-state index in [-0.39, 0.29) is 0 Å². The first-order valence-corrected chi connectivity index (χ1v) is 3.97. The number of hydrogen-bond acceptors (Lipinski definition) is 2. The minimum atomic E-state index is 0.888. The maximum Gasteiger partial charge on any atom is 0.0244 e. The molecule has 2 nitrogen and oxygen atoms in total. The Balaban J connectivity index is 1.97. The summed E-state index contributed by atoms with van der Waals surface area (Å²) in [5.41, 5.74) is 3.41. The van der Waals surface area contributed by atoms with Crippen molar-refractivity contribution in [2.24, 2.45) is 0 Å². The van der Waals surface area contributed by atoms with Gasteiger partial charge in [0.1, 0.15) is 0 Å². The second-order valence-electron chi connectivity index (χ2n) is 3.04. The highest BCUT2D eigenvalue weighted by molar-refractivity contribution is 4.79. The molecule has 0 aromatic heterocycles. The summed E-state index contributed by atoms with van der Waals surface area (Å²) in [6.45, 7) is 2.49. The summed E-state index contributed by atoms with van der Waals surface area (Å²) in [5.74, 6) is 0. The smallest absolute Gasteiger partial charge is 0.0244 e. The van der Waals surface area contributed by atoms with Crippen molar-refractivity contribution in [3.63, 3.8) is 0 Å². The summed E-state index contributed by atoms with van der Waals surface area (Å²) in [4.78, 5) is 0. The van der Waals surface area contributed by atoms with Crippen LogP contribution in [0.5, 0.6) is 0 Å². The van der Waals surface area contributed by atoms with Crippen LogP contribution in [-0.2, 0) is 0 Å². The fourth-order valence-corrected chi connectivity index (χ4v) is 1.90. The van der Waals surface area contributed by atoms with E-state index in [0.717, 1.165) is 6.04 Å². The van der Waals surface area contributed by atoms with Crippen molar-refractivity contribution >= 4 is 0 Å². The molecule has 9 heavy (non-hydrogen) atoms. The van der Waals surface area contributed by atoms with Gasteiger partial charge in [-0.25, -0.2) is 5.01 Å². The molecule has 2 rings (SSSR count). The molecule has 2 fully saturated rings. The van der Waals surface area contributed by atoms with E-state index in [2.05, 4.69) is 10.4 Å². The van der Waals surface area contributed by atoms with E-state index >= 15 is 0 Å². The molecule has 2 aliphatic rings. The number of nitrogens with zero attached hydrogens (tertiary/aromatic N) is 1. The monoisotopic (exact) mass is 126 g/mol. The van der Waals surface area contributed by atoms with Gasteiger partial charge in [-0.05, 0) is 25.7 Å². The fourth-order valence-electron chi connectivity index (χ4n) is 1.90. The molecule has 52 valence electrons. The first kappa shape index (κ1) is 5.69. The number of rotatable bonds is 0. The third kappa shape index (κ3) is 0.970. The lowest BCUT2D eigenvalue weighted by Gasteiger charge is -2.29. The van der Waals surface area contributed by atoms with Crippen LogP contribution >= 0.6 is 0 Å². The van der Waals surface area contributed by atoms with Gasteiger partial charge in [0, 0.05) is 19.1 Å². The van der Waals surface area contributed by atoms with E-state index < -0.39 is 0 Å². The van der Waals surface area contributed by atoms with Crippen molar-refractivity contribution in [2.75, 3.05) is 13.1 Å². The third-order valence-corrected chi connectivity index (χ3v) is 2.41. The van der Waals surface area contributed by atoms with Gasteiger partial charge in [0.2, 0.25) is 0 Å². The number of hydrazine groups is 1. The number of nitrogens with one attached hydrogen (secondary N) is 1. The van der Waals surface area contributed by atoms with Gasteiger partial charge in [0.25, 0.3) is 0 Å². The molecule has 2 heterocycles. The van der Waals surface area contributed by atoms with Gasteiger partial charge < -0.3 is 0 Å². The molecule has 1 atom stereocenters. The normalized spacial score (nSPS) is 36.7. The summed E-state index contributed by atoms with van der Waals surface area (Å²) >= 11 is 0. The van der Waals surface area contributed by atoms with Gasteiger partial charge in [-0.2, -0.15) is 0 Å². The predicted molar refractivity (Wildman–Crippen MR) is 37.0 cm³/mol. The second kappa shape index (κ2) is 2.27. The van der Waals surface area contributed by atoms with E-state index in [4.69, 9.17) is 0 Å². The van der Waals surface area contributed by atoms with E-state index in [0.29, 0.717) is 0 Å². The Bertz CT molecular complexity index is 91.1. The molecular weight excluding hydrogens is 112 g/mol. The van der Waals surface area contributed by atoms with Gasteiger partial charge >= 0.3 is 0 Å². The lowest BCUT2D eigenvalue weighted by molar-refractivity contribution is 0.127. The Morgan fingerprint density at radius 2 is 2.11 bits per heavy atom. The van der Waals surface area contributed by atoms with Crippen LogP contribution in [0.25, 0.3) is 0 Å². The molecule has 0 spiro atoms. The van der Waals surface area contributed by atoms with Crippen molar-refractivity contribution in [3.8, 4) is 0 Å². The highest BCUT2D eigenvalue weighted by atomic mass is 15.5. The van der Waals surface area contributed by atoms with Gasteiger partial charge in [0.05, 0.1) is 0 Å².